The first kappa shape index (κ1) is 21.1. The number of amides is 1. The Morgan fingerprint density at radius 2 is 1.57 bits per heavy atom. The van der Waals surface area contributed by atoms with Gasteiger partial charge in [-0.25, -0.2) is 0 Å². The summed E-state index contributed by atoms with van der Waals surface area (Å²) in [5.74, 6) is -0.0959. The first-order valence-electron chi connectivity index (χ1n) is 8.16. The van der Waals surface area contributed by atoms with E-state index >= 15 is 0 Å². The van der Waals surface area contributed by atoms with E-state index in [9.17, 15) is 9.59 Å². The van der Waals surface area contributed by atoms with Crippen LogP contribution < -0.4 is 5.73 Å². The van der Waals surface area contributed by atoms with Gasteiger partial charge in [0.1, 0.15) is 0 Å². The first-order valence-corrected chi connectivity index (χ1v) is 8.16. The zero-order chi connectivity index (χ0) is 18.3. The van der Waals surface area contributed by atoms with Crippen molar-refractivity contribution in [3.05, 3.63) is 45.5 Å². The average Bonchev–Trinajstić information content (AvgIpc) is 2.49. The maximum atomic E-state index is 12.3. The summed E-state index contributed by atoms with van der Waals surface area (Å²) in [6.45, 7) is 16.1. The van der Waals surface area contributed by atoms with Gasteiger partial charge in [0.15, 0.2) is 5.78 Å². The zero-order valence-electron chi connectivity index (χ0n) is 15.8. The molecule has 2 N–H and O–H groups in total. The van der Waals surface area contributed by atoms with Crippen molar-refractivity contribution in [2.24, 2.45) is 11.7 Å². The lowest BCUT2D eigenvalue weighted by Crippen LogP contribution is -2.21. The van der Waals surface area contributed by atoms with Crippen LogP contribution in [0.4, 0.5) is 0 Å². The Labute approximate surface area is 141 Å². The first-order chi connectivity index (χ1) is 10.6. The molecule has 0 radical (unpaired) electrons. The van der Waals surface area contributed by atoms with E-state index in [1.54, 1.807) is 6.92 Å². The molecule has 23 heavy (non-hydrogen) atoms. The molecule has 0 aliphatic heterocycles. The highest BCUT2D eigenvalue weighted by Crippen LogP contribution is 2.23. The second kappa shape index (κ2) is 9.29. The highest BCUT2D eigenvalue weighted by Gasteiger charge is 2.20. The minimum Gasteiger partial charge on any atom is -0.365 e. The normalized spacial score (nSPS) is 11.1. The summed E-state index contributed by atoms with van der Waals surface area (Å²) in [7, 11) is 0. The van der Waals surface area contributed by atoms with Crippen LogP contribution in [0.1, 0.15) is 66.7 Å². The van der Waals surface area contributed by atoms with Crippen LogP contribution in [0.15, 0.2) is 17.7 Å². The predicted octanol–water partition coefficient (Wildman–Crippen LogP) is 4.59. The maximum Gasteiger partial charge on any atom is 0.252 e. The third-order valence-electron chi connectivity index (χ3n) is 4.34. The molecule has 1 aromatic rings. The molecule has 0 saturated heterocycles. The van der Waals surface area contributed by atoms with E-state index in [2.05, 4.69) is 20.8 Å². The van der Waals surface area contributed by atoms with Gasteiger partial charge in [-0.15, -0.1) is 0 Å². The molecule has 128 valence electrons. The molecule has 3 heteroatoms. The standard InChI is InChI=1S/C15H19NO2.C5H12/c1-6-12(15(16)18)14(17)13-7-8(2)9(3)10(4)11(13)5;1-4-5(2)3/h6-7H,1-5H3,(H2,16,18);5H,4H2,1-3H3/b12-6+;. The van der Waals surface area contributed by atoms with Crippen molar-refractivity contribution >= 4 is 11.7 Å². The smallest absolute Gasteiger partial charge is 0.252 e. The minimum atomic E-state index is -0.683. The monoisotopic (exact) mass is 317 g/mol. The van der Waals surface area contributed by atoms with Gasteiger partial charge in [0.05, 0.1) is 5.57 Å². The average molecular weight is 317 g/mol. The number of carbonyl (C=O) groups is 2. The lowest BCUT2D eigenvalue weighted by molar-refractivity contribution is -0.114. The Morgan fingerprint density at radius 3 is 1.91 bits per heavy atom. The van der Waals surface area contributed by atoms with Gasteiger partial charge in [0.25, 0.3) is 5.91 Å². The van der Waals surface area contributed by atoms with Crippen molar-refractivity contribution in [3.63, 3.8) is 0 Å². The molecule has 0 bridgehead atoms. The predicted molar refractivity (Wildman–Crippen MR) is 97.8 cm³/mol. The van der Waals surface area contributed by atoms with Crippen molar-refractivity contribution in [3.8, 4) is 0 Å². The summed E-state index contributed by atoms with van der Waals surface area (Å²) in [6.07, 6.45) is 2.77. The van der Waals surface area contributed by atoms with Crippen molar-refractivity contribution in [1.29, 1.82) is 0 Å². The molecule has 0 heterocycles. The Balaban J connectivity index is 0.000000841. The highest BCUT2D eigenvalue weighted by atomic mass is 16.2. The molecule has 3 nitrogen and oxygen atoms in total. The number of hydrogen-bond acceptors (Lipinski definition) is 2. The van der Waals surface area contributed by atoms with Crippen LogP contribution in [0, 0.1) is 33.6 Å². The number of rotatable bonds is 4. The fraction of sp³-hybridized carbons (Fsp3) is 0.500. The van der Waals surface area contributed by atoms with E-state index in [4.69, 9.17) is 5.73 Å². The third-order valence-corrected chi connectivity index (χ3v) is 4.34. The lowest BCUT2D eigenvalue weighted by Gasteiger charge is -2.13. The van der Waals surface area contributed by atoms with E-state index in [1.807, 2.05) is 33.8 Å². The maximum absolute atomic E-state index is 12.3. The van der Waals surface area contributed by atoms with Crippen LogP contribution in [-0.2, 0) is 4.79 Å². The van der Waals surface area contributed by atoms with Crippen LogP contribution in [-0.4, -0.2) is 11.7 Å². The van der Waals surface area contributed by atoms with Gasteiger partial charge in [-0.05, 0) is 68.9 Å². The fourth-order valence-corrected chi connectivity index (χ4v) is 1.98. The van der Waals surface area contributed by atoms with Gasteiger partial charge in [-0.2, -0.15) is 0 Å². The van der Waals surface area contributed by atoms with Crippen LogP contribution in [0.3, 0.4) is 0 Å². The largest absolute Gasteiger partial charge is 0.365 e. The van der Waals surface area contributed by atoms with Gasteiger partial charge >= 0.3 is 0 Å². The van der Waals surface area contributed by atoms with Crippen molar-refractivity contribution in [1.82, 2.24) is 0 Å². The van der Waals surface area contributed by atoms with E-state index in [0.717, 1.165) is 22.6 Å². The van der Waals surface area contributed by atoms with Gasteiger partial charge in [-0.1, -0.05) is 33.3 Å². The number of benzene rings is 1. The van der Waals surface area contributed by atoms with Crippen molar-refractivity contribution < 1.29 is 9.59 Å². The molecule has 0 unspecified atom stereocenters. The van der Waals surface area contributed by atoms with E-state index < -0.39 is 5.91 Å². The molecule has 1 amide bonds. The number of ketones is 1. The van der Waals surface area contributed by atoms with Gasteiger partial charge in [0, 0.05) is 5.56 Å². The zero-order valence-corrected chi connectivity index (χ0v) is 15.8. The quantitative estimate of drug-likeness (QED) is 0.382. The Bertz CT molecular complexity index is 611. The van der Waals surface area contributed by atoms with E-state index in [-0.39, 0.29) is 11.4 Å². The van der Waals surface area contributed by atoms with Crippen molar-refractivity contribution in [2.75, 3.05) is 0 Å². The summed E-state index contributed by atoms with van der Waals surface area (Å²) >= 11 is 0. The lowest BCUT2D eigenvalue weighted by atomic mass is 9.90. The number of nitrogens with two attached hydrogens (primary N) is 1. The molecule has 0 aliphatic rings. The molecule has 0 spiro atoms. The van der Waals surface area contributed by atoms with E-state index in [1.165, 1.54) is 18.1 Å². The van der Waals surface area contributed by atoms with Crippen LogP contribution in [0.2, 0.25) is 0 Å². The second-order valence-corrected chi connectivity index (χ2v) is 6.31. The Kier molecular flexibility index (Phi) is 8.52. The number of allylic oxidation sites excluding steroid dienone is 1. The van der Waals surface area contributed by atoms with E-state index in [0.29, 0.717) is 5.56 Å². The van der Waals surface area contributed by atoms with Crippen LogP contribution >= 0.6 is 0 Å². The summed E-state index contributed by atoms with van der Waals surface area (Å²) in [6, 6.07) is 1.83. The number of primary amides is 1. The van der Waals surface area contributed by atoms with Crippen LogP contribution in [0.25, 0.3) is 0 Å². The fourth-order valence-electron chi connectivity index (χ4n) is 1.98. The molecular formula is C20H31NO2. The summed E-state index contributed by atoms with van der Waals surface area (Å²) < 4.78 is 0. The Morgan fingerprint density at radius 1 is 1.09 bits per heavy atom. The number of aryl methyl sites for hydroxylation is 1. The summed E-state index contributed by atoms with van der Waals surface area (Å²) in [4.78, 5) is 23.5. The third kappa shape index (κ3) is 5.66. The Hall–Kier alpha value is -1.90. The number of carbonyl (C=O) groups excluding carboxylic acids is 2. The molecule has 0 aliphatic carbocycles. The molecule has 0 saturated carbocycles. The molecule has 1 rings (SSSR count). The summed E-state index contributed by atoms with van der Waals surface area (Å²) in [5, 5.41) is 0. The molecule has 0 atom stereocenters. The second-order valence-electron chi connectivity index (χ2n) is 6.31. The number of hydrogen-bond donors (Lipinski definition) is 1. The van der Waals surface area contributed by atoms with Crippen molar-refractivity contribution in [2.45, 2.75) is 61.8 Å². The minimum absolute atomic E-state index is 0.0424. The SMILES string of the molecule is C/C=C(/C(N)=O)C(=O)c1cc(C)c(C)c(C)c1C.CCC(C)C. The number of Topliss-reactive ketones (excluding diaryl/α,β-unsaturated/α-hetero) is 1. The molecule has 0 fully saturated rings. The highest BCUT2D eigenvalue weighted by molar-refractivity contribution is 6.25. The van der Waals surface area contributed by atoms with Crippen LogP contribution in [0.5, 0.6) is 0 Å². The molecule has 0 aromatic heterocycles. The molecular weight excluding hydrogens is 286 g/mol. The topological polar surface area (TPSA) is 60.2 Å². The van der Waals surface area contributed by atoms with Gasteiger partial charge < -0.3 is 5.73 Å². The molecule has 1 aromatic carbocycles. The summed E-state index contributed by atoms with van der Waals surface area (Å²) in [5.41, 5.74) is 10.0. The van der Waals surface area contributed by atoms with Gasteiger partial charge in [0.2, 0.25) is 0 Å². The van der Waals surface area contributed by atoms with Gasteiger partial charge in [-0.3, -0.25) is 9.59 Å².